The number of hydrogen-bond donors (Lipinski definition) is 1. The first-order valence-electron chi connectivity index (χ1n) is 6.05. The average molecular weight is 319 g/mol. The molecular formula is C12H15F6NO2. The van der Waals surface area contributed by atoms with E-state index < -0.39 is 30.1 Å². The Morgan fingerprint density at radius 3 is 2.14 bits per heavy atom. The lowest BCUT2D eigenvalue weighted by Gasteiger charge is -2.29. The Bertz CT molecular complexity index is 426. The number of halogens is 6. The number of ether oxygens (including phenoxy) is 1. The second-order valence-electron chi connectivity index (χ2n) is 4.33. The van der Waals surface area contributed by atoms with Crippen molar-refractivity contribution in [1.29, 1.82) is 0 Å². The highest BCUT2D eigenvalue weighted by Gasteiger charge is 2.61. The zero-order valence-electron chi connectivity index (χ0n) is 11.3. The highest BCUT2D eigenvalue weighted by molar-refractivity contribution is 5.13. The molecule has 0 spiro atoms. The van der Waals surface area contributed by atoms with Crippen molar-refractivity contribution in [3.63, 3.8) is 0 Å². The van der Waals surface area contributed by atoms with E-state index in [0.717, 1.165) is 6.07 Å². The Kier molecular flexibility index (Phi) is 5.68. The lowest BCUT2D eigenvalue weighted by molar-refractivity contribution is -0.293. The van der Waals surface area contributed by atoms with Gasteiger partial charge in [0.1, 0.15) is 18.1 Å². The van der Waals surface area contributed by atoms with Crippen molar-refractivity contribution in [1.82, 2.24) is 5.32 Å². The highest BCUT2D eigenvalue weighted by Crippen LogP contribution is 2.46. The van der Waals surface area contributed by atoms with Gasteiger partial charge in [-0.2, -0.15) is 26.3 Å². The van der Waals surface area contributed by atoms with Crippen molar-refractivity contribution in [3.05, 3.63) is 23.7 Å². The van der Waals surface area contributed by atoms with Gasteiger partial charge in [-0.15, -0.1) is 0 Å². The fourth-order valence-corrected chi connectivity index (χ4v) is 1.95. The number of rotatable bonds is 6. The molecule has 3 nitrogen and oxygen atoms in total. The van der Waals surface area contributed by atoms with Gasteiger partial charge in [0, 0.05) is 7.11 Å². The van der Waals surface area contributed by atoms with E-state index in [1.807, 2.05) is 0 Å². The third-order valence-corrected chi connectivity index (χ3v) is 2.74. The van der Waals surface area contributed by atoms with Crippen LogP contribution < -0.4 is 5.32 Å². The van der Waals surface area contributed by atoms with Crippen LogP contribution in [0.4, 0.5) is 26.3 Å². The minimum absolute atomic E-state index is 0.0401. The zero-order valence-corrected chi connectivity index (χ0v) is 11.3. The van der Waals surface area contributed by atoms with Crippen LogP contribution in [0, 0.1) is 5.92 Å². The van der Waals surface area contributed by atoms with Crippen molar-refractivity contribution < 1.29 is 35.5 Å². The number of alkyl halides is 6. The van der Waals surface area contributed by atoms with Gasteiger partial charge >= 0.3 is 12.4 Å². The number of hydrogen-bond acceptors (Lipinski definition) is 3. The number of nitrogens with one attached hydrogen (secondary N) is 1. The van der Waals surface area contributed by atoms with Crippen molar-refractivity contribution in [3.8, 4) is 0 Å². The lowest BCUT2D eigenvalue weighted by atomic mass is 9.96. The minimum Gasteiger partial charge on any atom is -0.462 e. The number of methoxy groups -OCH3 is 1. The molecule has 21 heavy (non-hydrogen) atoms. The van der Waals surface area contributed by atoms with E-state index in [0.29, 0.717) is 0 Å². The molecule has 1 atom stereocenters. The predicted molar refractivity (Wildman–Crippen MR) is 61.4 cm³/mol. The molecule has 1 unspecified atom stereocenters. The molecule has 0 radical (unpaired) electrons. The van der Waals surface area contributed by atoms with Crippen molar-refractivity contribution in [2.24, 2.45) is 5.92 Å². The summed E-state index contributed by atoms with van der Waals surface area (Å²) in [5.41, 5.74) is 0. The van der Waals surface area contributed by atoms with Crippen LogP contribution in [0.1, 0.15) is 24.5 Å². The normalized spacial score (nSPS) is 14.7. The molecular weight excluding hydrogens is 304 g/mol. The molecule has 0 aliphatic rings. The van der Waals surface area contributed by atoms with Crippen molar-refractivity contribution >= 4 is 0 Å². The summed E-state index contributed by atoms with van der Waals surface area (Å²) in [5.74, 6) is -3.83. The Morgan fingerprint density at radius 2 is 1.71 bits per heavy atom. The summed E-state index contributed by atoms with van der Waals surface area (Å²) in [6.45, 7) is 1.30. The Morgan fingerprint density at radius 1 is 1.14 bits per heavy atom. The Balaban J connectivity index is 3.17. The van der Waals surface area contributed by atoms with Crippen LogP contribution in [-0.2, 0) is 11.3 Å². The SMILES string of the molecule is CCNC(c1ccc(COC)o1)C(C(F)(F)F)C(F)(F)F. The van der Waals surface area contributed by atoms with Gasteiger partial charge < -0.3 is 14.5 Å². The van der Waals surface area contributed by atoms with Gasteiger partial charge in [0.25, 0.3) is 0 Å². The van der Waals surface area contributed by atoms with Gasteiger partial charge in [-0.25, -0.2) is 0 Å². The van der Waals surface area contributed by atoms with Gasteiger partial charge in [-0.1, -0.05) is 6.92 Å². The largest absolute Gasteiger partial charge is 0.462 e. The van der Waals surface area contributed by atoms with E-state index >= 15 is 0 Å². The predicted octanol–water partition coefficient (Wildman–Crippen LogP) is 3.82. The summed E-state index contributed by atoms with van der Waals surface area (Å²) in [6, 6.07) is 0.333. The topological polar surface area (TPSA) is 34.4 Å². The van der Waals surface area contributed by atoms with Gasteiger partial charge in [0.05, 0.1) is 6.04 Å². The van der Waals surface area contributed by atoms with Crippen LogP contribution >= 0.6 is 0 Å². The van der Waals surface area contributed by atoms with E-state index in [4.69, 9.17) is 9.15 Å². The van der Waals surface area contributed by atoms with Crippen LogP contribution in [-0.4, -0.2) is 26.0 Å². The first kappa shape index (κ1) is 17.8. The monoisotopic (exact) mass is 319 g/mol. The first-order chi connectivity index (χ1) is 9.61. The van der Waals surface area contributed by atoms with E-state index in [-0.39, 0.29) is 18.9 Å². The second kappa shape index (κ2) is 6.69. The molecule has 0 aliphatic heterocycles. The standard InChI is InChI=1S/C12H15F6NO2/c1-3-19-9(8-5-4-7(21-8)6-20-2)10(11(13,14)15)12(16,17)18/h4-5,9-10,19H,3,6H2,1-2H3. The Labute approximate surface area is 117 Å². The maximum absolute atomic E-state index is 12.8. The molecule has 0 fully saturated rings. The minimum atomic E-state index is -5.45. The lowest BCUT2D eigenvalue weighted by Crippen LogP contribution is -2.45. The van der Waals surface area contributed by atoms with Crippen LogP contribution in [0.2, 0.25) is 0 Å². The molecule has 1 heterocycles. The molecule has 0 aromatic carbocycles. The molecule has 9 heteroatoms. The van der Waals surface area contributed by atoms with E-state index in [1.165, 1.54) is 20.1 Å². The van der Waals surface area contributed by atoms with Gasteiger partial charge in [-0.05, 0) is 18.7 Å². The van der Waals surface area contributed by atoms with E-state index in [2.05, 4.69) is 5.32 Å². The molecule has 0 bridgehead atoms. The zero-order chi connectivity index (χ0) is 16.3. The number of furan rings is 1. The van der Waals surface area contributed by atoms with Gasteiger partial charge in [-0.3, -0.25) is 0 Å². The van der Waals surface area contributed by atoms with Crippen LogP contribution in [0.25, 0.3) is 0 Å². The molecule has 122 valence electrons. The van der Waals surface area contributed by atoms with E-state index in [1.54, 1.807) is 0 Å². The Hall–Kier alpha value is -1.22. The third kappa shape index (κ3) is 4.63. The van der Waals surface area contributed by atoms with Gasteiger partial charge in [0.15, 0.2) is 5.92 Å². The van der Waals surface area contributed by atoms with Crippen LogP contribution in [0.5, 0.6) is 0 Å². The maximum Gasteiger partial charge on any atom is 0.402 e. The van der Waals surface area contributed by atoms with Crippen LogP contribution in [0.3, 0.4) is 0 Å². The first-order valence-corrected chi connectivity index (χ1v) is 6.05. The second-order valence-corrected chi connectivity index (χ2v) is 4.33. The summed E-state index contributed by atoms with van der Waals surface area (Å²) in [7, 11) is 1.33. The molecule has 1 aromatic rings. The molecule has 0 aliphatic carbocycles. The van der Waals surface area contributed by atoms with Gasteiger partial charge in [0.2, 0.25) is 0 Å². The van der Waals surface area contributed by atoms with E-state index in [9.17, 15) is 26.3 Å². The highest BCUT2D eigenvalue weighted by atomic mass is 19.4. The van der Waals surface area contributed by atoms with Crippen LogP contribution in [0.15, 0.2) is 16.5 Å². The molecule has 0 saturated heterocycles. The summed E-state index contributed by atoms with van der Waals surface area (Å²) in [5, 5.41) is 2.19. The summed E-state index contributed by atoms with van der Waals surface area (Å²) >= 11 is 0. The summed E-state index contributed by atoms with van der Waals surface area (Å²) in [4.78, 5) is 0. The average Bonchev–Trinajstić information content (AvgIpc) is 2.73. The van der Waals surface area contributed by atoms with Crippen molar-refractivity contribution in [2.75, 3.05) is 13.7 Å². The summed E-state index contributed by atoms with van der Waals surface area (Å²) < 4.78 is 86.6. The molecule has 0 saturated carbocycles. The smallest absolute Gasteiger partial charge is 0.402 e. The summed E-state index contributed by atoms with van der Waals surface area (Å²) in [6.07, 6.45) is -10.9. The maximum atomic E-state index is 12.8. The molecule has 1 rings (SSSR count). The molecule has 1 N–H and O–H groups in total. The molecule has 1 aromatic heterocycles. The third-order valence-electron chi connectivity index (χ3n) is 2.74. The molecule has 0 amide bonds. The fraction of sp³-hybridized carbons (Fsp3) is 0.667. The van der Waals surface area contributed by atoms with Crippen molar-refractivity contribution in [2.45, 2.75) is 31.9 Å². The fourth-order valence-electron chi connectivity index (χ4n) is 1.95. The quantitative estimate of drug-likeness (QED) is 0.810.